The molecule has 0 radical (unpaired) electrons. The minimum atomic E-state index is -0.231. The molecule has 26 heavy (non-hydrogen) atoms. The molecule has 0 spiro atoms. The third-order valence-electron chi connectivity index (χ3n) is 4.28. The van der Waals surface area contributed by atoms with Gasteiger partial charge >= 0.3 is 6.03 Å². The van der Waals surface area contributed by atoms with Crippen LogP contribution < -0.4 is 10.6 Å². The van der Waals surface area contributed by atoms with Crippen LogP contribution in [0.2, 0.25) is 0 Å². The molecule has 146 valence electrons. The Hall–Kier alpha value is -1.71. The maximum absolute atomic E-state index is 12.5. The van der Waals surface area contributed by atoms with Crippen molar-refractivity contribution in [2.45, 2.75) is 38.1 Å². The van der Waals surface area contributed by atoms with Crippen LogP contribution >= 0.6 is 11.3 Å². The first kappa shape index (κ1) is 20.6. The molecule has 0 aromatic carbocycles. The molecule has 8 nitrogen and oxygen atoms in total. The summed E-state index contributed by atoms with van der Waals surface area (Å²) in [4.78, 5) is 30.5. The molecule has 1 aromatic heterocycles. The van der Waals surface area contributed by atoms with E-state index in [4.69, 9.17) is 9.47 Å². The number of urea groups is 1. The summed E-state index contributed by atoms with van der Waals surface area (Å²) in [6.07, 6.45) is 4.58. The highest BCUT2D eigenvalue weighted by atomic mass is 32.1. The summed E-state index contributed by atoms with van der Waals surface area (Å²) in [5.74, 6) is -0.0358. The van der Waals surface area contributed by atoms with E-state index in [-0.39, 0.29) is 24.4 Å². The van der Waals surface area contributed by atoms with Crippen LogP contribution in [0.4, 0.5) is 9.93 Å². The lowest BCUT2D eigenvalue weighted by atomic mass is 10.3. The van der Waals surface area contributed by atoms with Crippen LogP contribution in [0.1, 0.15) is 31.4 Å². The number of methoxy groups -OCH3 is 2. The molecule has 2 N–H and O–H groups in total. The second kappa shape index (κ2) is 11.1. The van der Waals surface area contributed by atoms with Crippen molar-refractivity contribution in [1.82, 2.24) is 15.2 Å². The number of aromatic nitrogens is 1. The standard InChI is InChI=1S/C17H28N4O4S/c1-24-9-7-21(8-10-25-2)15(22)11-14-12-26-17(19-14)20-16(23)18-13-5-3-4-6-13/h12-13H,3-11H2,1-2H3,(H2,18,19,20,23). The lowest BCUT2D eigenvalue weighted by molar-refractivity contribution is -0.131. The molecule has 1 aliphatic carbocycles. The van der Waals surface area contributed by atoms with E-state index >= 15 is 0 Å². The van der Waals surface area contributed by atoms with Gasteiger partial charge in [0.1, 0.15) is 0 Å². The van der Waals surface area contributed by atoms with Gasteiger partial charge in [-0.3, -0.25) is 10.1 Å². The minimum absolute atomic E-state index is 0.0358. The van der Waals surface area contributed by atoms with Crippen molar-refractivity contribution in [1.29, 1.82) is 0 Å². The molecule has 0 saturated heterocycles. The Labute approximate surface area is 158 Å². The van der Waals surface area contributed by atoms with E-state index in [1.54, 1.807) is 24.5 Å². The number of carbonyl (C=O) groups excluding carboxylic acids is 2. The Morgan fingerprint density at radius 2 is 1.88 bits per heavy atom. The van der Waals surface area contributed by atoms with Gasteiger partial charge < -0.3 is 19.7 Å². The van der Waals surface area contributed by atoms with E-state index in [9.17, 15) is 9.59 Å². The zero-order valence-electron chi connectivity index (χ0n) is 15.5. The molecule has 2 rings (SSSR count). The largest absolute Gasteiger partial charge is 0.383 e. The topological polar surface area (TPSA) is 92.8 Å². The van der Waals surface area contributed by atoms with E-state index in [2.05, 4.69) is 15.6 Å². The third kappa shape index (κ3) is 6.89. The first-order valence-corrected chi connectivity index (χ1v) is 9.78. The fourth-order valence-electron chi connectivity index (χ4n) is 2.87. The third-order valence-corrected chi connectivity index (χ3v) is 5.08. The van der Waals surface area contributed by atoms with Crippen molar-refractivity contribution >= 4 is 28.4 Å². The van der Waals surface area contributed by atoms with Gasteiger partial charge in [-0.1, -0.05) is 12.8 Å². The predicted molar refractivity (Wildman–Crippen MR) is 101 cm³/mol. The Kier molecular flexibility index (Phi) is 8.79. The number of nitrogens with zero attached hydrogens (tertiary/aromatic N) is 2. The number of carbonyl (C=O) groups is 2. The normalized spacial score (nSPS) is 14.4. The molecule has 1 aromatic rings. The molecule has 3 amide bonds. The van der Waals surface area contributed by atoms with Gasteiger partial charge in [-0.05, 0) is 12.8 Å². The van der Waals surface area contributed by atoms with Crippen LogP contribution in [0.25, 0.3) is 0 Å². The van der Waals surface area contributed by atoms with Crippen LogP contribution in [0, 0.1) is 0 Å². The molecule has 0 bridgehead atoms. The molecule has 0 atom stereocenters. The average molecular weight is 385 g/mol. The van der Waals surface area contributed by atoms with Gasteiger partial charge in [0.05, 0.1) is 25.3 Å². The Morgan fingerprint density at radius 1 is 1.23 bits per heavy atom. The van der Waals surface area contributed by atoms with Crippen LogP contribution in [0.15, 0.2) is 5.38 Å². The van der Waals surface area contributed by atoms with Gasteiger partial charge in [0.15, 0.2) is 5.13 Å². The smallest absolute Gasteiger partial charge is 0.321 e. The molecule has 1 saturated carbocycles. The number of anilines is 1. The summed E-state index contributed by atoms with van der Waals surface area (Å²) in [6.45, 7) is 1.97. The van der Waals surface area contributed by atoms with Crippen molar-refractivity contribution in [2.24, 2.45) is 0 Å². The number of thiazole rings is 1. The molecule has 9 heteroatoms. The van der Waals surface area contributed by atoms with Gasteiger partial charge in [0, 0.05) is 38.7 Å². The maximum Gasteiger partial charge on any atom is 0.321 e. The summed E-state index contributed by atoms with van der Waals surface area (Å²) in [5, 5.41) is 8.01. The Morgan fingerprint density at radius 3 is 2.50 bits per heavy atom. The monoisotopic (exact) mass is 384 g/mol. The number of amides is 3. The zero-order valence-corrected chi connectivity index (χ0v) is 16.3. The fourth-order valence-corrected chi connectivity index (χ4v) is 3.57. The molecule has 0 aliphatic heterocycles. The maximum atomic E-state index is 12.5. The van der Waals surface area contributed by atoms with E-state index in [0.29, 0.717) is 37.1 Å². The van der Waals surface area contributed by atoms with Crippen LogP contribution in [0.5, 0.6) is 0 Å². The summed E-state index contributed by atoms with van der Waals surface area (Å²) < 4.78 is 10.1. The average Bonchev–Trinajstić information content (AvgIpc) is 3.27. The number of rotatable bonds is 10. The molecule has 1 aliphatic rings. The molecular formula is C17H28N4O4S. The van der Waals surface area contributed by atoms with Crippen LogP contribution in [0.3, 0.4) is 0 Å². The van der Waals surface area contributed by atoms with Gasteiger partial charge in [0.25, 0.3) is 0 Å². The van der Waals surface area contributed by atoms with E-state index in [1.165, 1.54) is 11.3 Å². The Bertz CT molecular complexity index is 567. The fraction of sp³-hybridized carbons (Fsp3) is 0.706. The first-order valence-electron chi connectivity index (χ1n) is 8.90. The summed E-state index contributed by atoms with van der Waals surface area (Å²) >= 11 is 1.32. The number of hydrogen-bond donors (Lipinski definition) is 2. The molecular weight excluding hydrogens is 356 g/mol. The summed E-state index contributed by atoms with van der Waals surface area (Å²) in [6, 6.07) is 0.0251. The highest BCUT2D eigenvalue weighted by Crippen LogP contribution is 2.19. The quantitative estimate of drug-likeness (QED) is 0.642. The van der Waals surface area contributed by atoms with Crippen LogP contribution in [-0.2, 0) is 20.7 Å². The van der Waals surface area contributed by atoms with Crippen molar-refractivity contribution in [2.75, 3.05) is 45.8 Å². The Balaban J connectivity index is 1.82. The predicted octanol–water partition coefficient (Wildman–Crippen LogP) is 1.87. The van der Waals surface area contributed by atoms with Gasteiger partial charge in [-0.25, -0.2) is 9.78 Å². The highest BCUT2D eigenvalue weighted by Gasteiger charge is 2.19. The minimum Gasteiger partial charge on any atom is -0.383 e. The molecule has 1 fully saturated rings. The van der Waals surface area contributed by atoms with E-state index in [0.717, 1.165) is 25.7 Å². The number of ether oxygens (including phenoxy) is 2. The van der Waals surface area contributed by atoms with Crippen molar-refractivity contribution in [3.8, 4) is 0 Å². The van der Waals surface area contributed by atoms with E-state index in [1.807, 2.05) is 0 Å². The van der Waals surface area contributed by atoms with Gasteiger partial charge in [-0.2, -0.15) is 0 Å². The number of nitrogens with one attached hydrogen (secondary N) is 2. The first-order chi connectivity index (χ1) is 12.6. The van der Waals surface area contributed by atoms with Gasteiger partial charge in [-0.15, -0.1) is 11.3 Å². The SMILES string of the molecule is COCCN(CCOC)C(=O)Cc1csc(NC(=O)NC2CCCC2)n1. The zero-order chi connectivity index (χ0) is 18.8. The second-order valence-electron chi connectivity index (χ2n) is 6.27. The van der Waals surface area contributed by atoms with Gasteiger partial charge in [0.2, 0.25) is 5.91 Å². The van der Waals surface area contributed by atoms with Crippen molar-refractivity contribution in [3.05, 3.63) is 11.1 Å². The number of hydrogen-bond acceptors (Lipinski definition) is 6. The van der Waals surface area contributed by atoms with E-state index < -0.39 is 0 Å². The summed E-state index contributed by atoms with van der Waals surface area (Å²) in [7, 11) is 3.21. The molecule has 0 unspecified atom stereocenters. The molecule has 1 heterocycles. The lowest BCUT2D eigenvalue weighted by Gasteiger charge is -2.21. The second-order valence-corrected chi connectivity index (χ2v) is 7.13. The highest BCUT2D eigenvalue weighted by molar-refractivity contribution is 7.13. The van der Waals surface area contributed by atoms with Crippen molar-refractivity contribution in [3.63, 3.8) is 0 Å². The van der Waals surface area contributed by atoms with Crippen molar-refractivity contribution < 1.29 is 19.1 Å². The van der Waals surface area contributed by atoms with Crippen LogP contribution in [-0.4, -0.2) is 68.4 Å². The summed E-state index contributed by atoms with van der Waals surface area (Å²) in [5.41, 5.74) is 0.649. The lowest BCUT2D eigenvalue weighted by Crippen LogP contribution is -2.37.